The van der Waals surface area contributed by atoms with Gasteiger partial charge in [-0.2, -0.15) is 0 Å². The predicted octanol–water partition coefficient (Wildman–Crippen LogP) is 2.35. The van der Waals surface area contributed by atoms with Crippen molar-refractivity contribution in [2.45, 2.75) is 38.6 Å². The van der Waals surface area contributed by atoms with E-state index in [1.54, 1.807) is 24.3 Å². The fourth-order valence-electron chi connectivity index (χ4n) is 1.77. The summed E-state index contributed by atoms with van der Waals surface area (Å²) in [4.78, 5) is 17.8. The molecule has 0 heterocycles. The lowest BCUT2D eigenvalue weighted by molar-refractivity contribution is -0.214. The molecular weight excluding hydrogens is 267 g/mol. The van der Waals surface area contributed by atoms with Crippen LogP contribution in [0.15, 0.2) is 24.3 Å². The van der Waals surface area contributed by atoms with Crippen LogP contribution in [0.3, 0.4) is 0 Å². The molecule has 0 aromatic heterocycles. The minimum atomic E-state index is -4.06. The Morgan fingerprint density at radius 2 is 1.79 bits per heavy atom. The molecule has 108 valence electrons. The van der Waals surface area contributed by atoms with Crippen LogP contribution in [0.2, 0.25) is 0 Å². The third-order valence-corrected chi connectivity index (χ3v) is 3.59. The van der Waals surface area contributed by atoms with Gasteiger partial charge in [-0.3, -0.25) is 4.57 Å². The van der Waals surface area contributed by atoms with Crippen LogP contribution < -0.4 is 0 Å². The smallest absolute Gasteiger partial charge is 0.329 e. The van der Waals surface area contributed by atoms with Crippen molar-refractivity contribution in [1.29, 1.82) is 0 Å². The molecule has 0 saturated heterocycles. The van der Waals surface area contributed by atoms with Crippen molar-refractivity contribution in [3.63, 3.8) is 0 Å². The van der Waals surface area contributed by atoms with E-state index in [2.05, 4.69) is 0 Å². The third-order valence-electron chi connectivity index (χ3n) is 2.82. The molecule has 3 N–H and O–H groups in total. The van der Waals surface area contributed by atoms with Gasteiger partial charge >= 0.3 is 7.60 Å². The monoisotopic (exact) mass is 288 g/mol. The molecule has 1 unspecified atom stereocenters. The van der Waals surface area contributed by atoms with E-state index in [0.717, 1.165) is 6.42 Å². The van der Waals surface area contributed by atoms with Gasteiger partial charge < -0.3 is 19.6 Å². The van der Waals surface area contributed by atoms with Gasteiger partial charge in [-0.15, -0.1) is 0 Å². The van der Waals surface area contributed by atoms with Gasteiger partial charge in [-0.25, -0.2) is 0 Å². The van der Waals surface area contributed by atoms with Crippen LogP contribution in [0, 0.1) is 0 Å². The third kappa shape index (κ3) is 5.05. The van der Waals surface area contributed by atoms with Crippen molar-refractivity contribution >= 4 is 7.60 Å². The first-order valence-electron chi connectivity index (χ1n) is 6.31. The molecule has 0 saturated carbocycles. The highest BCUT2D eigenvalue weighted by Gasteiger charge is 2.27. The van der Waals surface area contributed by atoms with Gasteiger partial charge in [0, 0.05) is 12.0 Å². The molecule has 19 heavy (non-hydrogen) atoms. The summed E-state index contributed by atoms with van der Waals surface area (Å²) in [6.45, 7) is 4.23. The van der Waals surface area contributed by atoms with Crippen LogP contribution in [0.5, 0.6) is 0 Å². The summed E-state index contributed by atoms with van der Waals surface area (Å²) in [7, 11) is -4.06. The summed E-state index contributed by atoms with van der Waals surface area (Å²) in [6, 6.07) is 6.49. The highest BCUT2D eigenvalue weighted by Crippen LogP contribution is 2.39. The second kappa shape index (κ2) is 6.64. The van der Waals surface area contributed by atoms with Gasteiger partial charge in [0.05, 0.1) is 12.8 Å². The first kappa shape index (κ1) is 16.3. The summed E-state index contributed by atoms with van der Waals surface area (Å²) >= 11 is 0. The maximum Gasteiger partial charge on any atom is 0.329 e. The van der Waals surface area contributed by atoms with Crippen molar-refractivity contribution in [2.75, 3.05) is 6.61 Å². The highest BCUT2D eigenvalue weighted by atomic mass is 31.2. The van der Waals surface area contributed by atoms with Crippen LogP contribution in [-0.4, -0.2) is 21.5 Å². The molecule has 5 nitrogen and oxygen atoms in total. The molecule has 1 aromatic carbocycles. The second-order valence-electron chi connectivity index (χ2n) is 4.51. The largest absolute Gasteiger partial charge is 0.362 e. The maximum atomic E-state index is 10.9. The lowest BCUT2D eigenvalue weighted by Gasteiger charge is -2.27. The molecule has 0 aliphatic heterocycles. The Morgan fingerprint density at radius 1 is 1.21 bits per heavy atom. The molecule has 1 rings (SSSR count). The van der Waals surface area contributed by atoms with E-state index in [-0.39, 0.29) is 6.16 Å². The number of aliphatic hydroxyl groups is 1. The lowest BCUT2D eigenvalue weighted by atomic mass is 10.0. The second-order valence-corrected chi connectivity index (χ2v) is 6.15. The van der Waals surface area contributed by atoms with Crippen molar-refractivity contribution in [2.24, 2.45) is 0 Å². The van der Waals surface area contributed by atoms with Crippen LogP contribution in [0.25, 0.3) is 0 Å². The molecule has 1 aromatic rings. The van der Waals surface area contributed by atoms with E-state index in [0.29, 0.717) is 24.2 Å². The molecule has 0 amide bonds. The fourth-order valence-corrected chi connectivity index (χ4v) is 2.46. The van der Waals surface area contributed by atoms with E-state index in [4.69, 9.17) is 14.5 Å². The Bertz CT molecular complexity index is 439. The fraction of sp³-hybridized carbons (Fsp3) is 0.538. The van der Waals surface area contributed by atoms with Gasteiger partial charge in [-0.05, 0) is 12.0 Å². The average molecular weight is 288 g/mol. The molecule has 0 radical (unpaired) electrons. The number of hydrogen-bond donors (Lipinski definition) is 3. The summed E-state index contributed by atoms with van der Waals surface area (Å²) in [5.41, 5.74) is 1.13. The zero-order chi connectivity index (χ0) is 14.5. The predicted molar refractivity (Wildman–Crippen MR) is 72.6 cm³/mol. The van der Waals surface area contributed by atoms with Gasteiger partial charge in [0.25, 0.3) is 0 Å². The Morgan fingerprint density at radius 3 is 2.21 bits per heavy atom. The molecule has 0 spiro atoms. The number of hydrogen-bond acceptors (Lipinski definition) is 3. The summed E-state index contributed by atoms with van der Waals surface area (Å²) in [6.07, 6.45) is 0.914. The molecule has 0 bridgehead atoms. The Balaban J connectivity index is 2.87. The molecular formula is C13H21O5P. The normalized spacial score (nSPS) is 15.2. The molecule has 0 aliphatic rings. The van der Waals surface area contributed by atoms with Crippen LogP contribution in [0.4, 0.5) is 0 Å². The van der Waals surface area contributed by atoms with Crippen molar-refractivity contribution < 1.29 is 24.2 Å². The number of rotatable bonds is 7. The van der Waals surface area contributed by atoms with Crippen LogP contribution >= 0.6 is 7.60 Å². The Labute approximate surface area is 113 Å². The minimum Gasteiger partial charge on any atom is -0.362 e. The molecule has 1 atom stereocenters. The van der Waals surface area contributed by atoms with E-state index < -0.39 is 13.4 Å². The first-order chi connectivity index (χ1) is 8.80. The minimum absolute atomic E-state index is 0.298. The van der Waals surface area contributed by atoms with Crippen molar-refractivity contribution in [3.05, 3.63) is 35.4 Å². The summed E-state index contributed by atoms with van der Waals surface area (Å²) < 4.78 is 16.4. The lowest BCUT2D eigenvalue weighted by Crippen LogP contribution is -2.28. The topological polar surface area (TPSA) is 87.0 Å². The zero-order valence-electron chi connectivity index (χ0n) is 11.2. The quantitative estimate of drug-likeness (QED) is 0.529. The maximum absolute atomic E-state index is 10.9. The van der Waals surface area contributed by atoms with Gasteiger partial charge in [0.15, 0.2) is 5.79 Å². The summed E-state index contributed by atoms with van der Waals surface area (Å²) in [5.74, 6) is -1.34. The zero-order valence-corrected chi connectivity index (χ0v) is 12.1. The average Bonchev–Trinajstić information content (AvgIpc) is 2.35. The van der Waals surface area contributed by atoms with Crippen LogP contribution in [0.1, 0.15) is 37.8 Å². The van der Waals surface area contributed by atoms with Gasteiger partial charge in [0.1, 0.15) is 0 Å². The van der Waals surface area contributed by atoms with E-state index in [1.165, 1.54) is 0 Å². The highest BCUT2D eigenvalue weighted by molar-refractivity contribution is 7.50. The van der Waals surface area contributed by atoms with Crippen LogP contribution in [-0.2, 0) is 21.3 Å². The molecule has 0 aliphatic carbocycles. The SMILES string of the molecule is CCCOC(O)(CC)c1ccc(CP(=O)(O)O)cc1. The molecule has 0 fully saturated rings. The summed E-state index contributed by atoms with van der Waals surface area (Å²) in [5, 5.41) is 10.4. The van der Waals surface area contributed by atoms with E-state index in [9.17, 15) is 9.67 Å². The Kier molecular flexibility index (Phi) is 5.71. The van der Waals surface area contributed by atoms with E-state index in [1.807, 2.05) is 13.8 Å². The first-order valence-corrected chi connectivity index (χ1v) is 8.11. The number of benzene rings is 1. The van der Waals surface area contributed by atoms with Gasteiger partial charge in [0.2, 0.25) is 0 Å². The van der Waals surface area contributed by atoms with Crippen molar-refractivity contribution in [3.8, 4) is 0 Å². The van der Waals surface area contributed by atoms with E-state index >= 15 is 0 Å². The van der Waals surface area contributed by atoms with Crippen molar-refractivity contribution in [1.82, 2.24) is 0 Å². The number of ether oxygens (including phenoxy) is 1. The molecule has 6 heteroatoms. The standard InChI is InChI=1S/C13H21O5P/c1-3-9-18-13(14,4-2)12-7-5-11(6-8-12)10-19(15,16)17/h5-8,14H,3-4,9-10H2,1-2H3,(H2,15,16,17). The van der Waals surface area contributed by atoms with Gasteiger partial charge in [-0.1, -0.05) is 38.1 Å². The Hall–Kier alpha value is -0.710.